The number of nitrogens with zero attached hydrogens (tertiary/aromatic N) is 2. The van der Waals surface area contributed by atoms with Crippen LogP contribution in [0.2, 0.25) is 0 Å². The van der Waals surface area contributed by atoms with Gasteiger partial charge >= 0.3 is 6.09 Å². The second-order valence-corrected chi connectivity index (χ2v) is 5.62. The zero-order valence-corrected chi connectivity index (χ0v) is 14.4. The zero-order valence-electron chi connectivity index (χ0n) is 14.4. The number of carbonyl (C=O) groups is 2. The Morgan fingerprint density at radius 2 is 1.88 bits per heavy atom. The van der Waals surface area contributed by atoms with Crippen LogP contribution in [0.4, 0.5) is 22.0 Å². The molecule has 1 aromatic heterocycles. The van der Waals surface area contributed by atoms with E-state index in [2.05, 4.69) is 25.3 Å². The summed E-state index contributed by atoms with van der Waals surface area (Å²) in [6.07, 6.45) is 1.08. The molecule has 0 bridgehead atoms. The van der Waals surface area contributed by atoms with Gasteiger partial charge in [-0.15, -0.1) is 0 Å². The van der Waals surface area contributed by atoms with Gasteiger partial charge in [0.15, 0.2) is 0 Å². The molecule has 0 spiro atoms. The van der Waals surface area contributed by atoms with Gasteiger partial charge in [-0.3, -0.25) is 10.1 Å². The van der Waals surface area contributed by atoms with Gasteiger partial charge in [-0.05, 0) is 24.3 Å². The van der Waals surface area contributed by atoms with Gasteiger partial charge in [0.25, 0.3) is 5.91 Å². The predicted molar refractivity (Wildman–Crippen MR) is 97.7 cm³/mol. The van der Waals surface area contributed by atoms with Crippen LogP contribution in [0.1, 0.15) is 10.4 Å². The van der Waals surface area contributed by atoms with Crippen LogP contribution < -0.4 is 15.5 Å². The number of hydrogen-bond acceptors (Lipinski definition) is 6. The van der Waals surface area contributed by atoms with Crippen molar-refractivity contribution in [2.24, 2.45) is 0 Å². The van der Waals surface area contributed by atoms with Gasteiger partial charge in [-0.2, -0.15) is 0 Å². The number of amides is 2. The lowest BCUT2D eigenvalue weighted by Crippen LogP contribution is -2.36. The van der Waals surface area contributed by atoms with Crippen LogP contribution in [0.5, 0.6) is 0 Å². The summed E-state index contributed by atoms with van der Waals surface area (Å²) >= 11 is 0. The molecule has 136 valence electrons. The number of aromatic nitrogens is 1. The molecule has 1 aromatic carbocycles. The van der Waals surface area contributed by atoms with Crippen molar-refractivity contribution in [2.45, 2.75) is 0 Å². The lowest BCUT2D eigenvalue weighted by atomic mass is 10.1. The highest BCUT2D eigenvalue weighted by atomic mass is 16.5. The molecule has 1 fully saturated rings. The molecule has 2 amide bonds. The van der Waals surface area contributed by atoms with Crippen LogP contribution in [0.3, 0.4) is 0 Å². The van der Waals surface area contributed by atoms with Gasteiger partial charge in [0, 0.05) is 13.1 Å². The second-order valence-electron chi connectivity index (χ2n) is 5.62. The summed E-state index contributed by atoms with van der Waals surface area (Å²) in [5.74, 6) is 0.0588. The summed E-state index contributed by atoms with van der Waals surface area (Å²) in [6, 6.07) is 10.3. The van der Waals surface area contributed by atoms with Gasteiger partial charge in [-0.25, -0.2) is 9.78 Å². The smallest absolute Gasteiger partial charge is 0.411 e. The second kappa shape index (κ2) is 8.30. The maximum atomic E-state index is 12.5. The predicted octanol–water partition coefficient (Wildman–Crippen LogP) is 2.35. The summed E-state index contributed by atoms with van der Waals surface area (Å²) in [6.45, 7) is 3.03. The fourth-order valence-electron chi connectivity index (χ4n) is 2.60. The molecule has 26 heavy (non-hydrogen) atoms. The van der Waals surface area contributed by atoms with Crippen LogP contribution in [0.25, 0.3) is 0 Å². The lowest BCUT2D eigenvalue weighted by Gasteiger charge is -2.28. The first-order chi connectivity index (χ1) is 12.7. The fraction of sp³-hybridized carbons (Fsp3) is 0.278. The molecule has 1 aliphatic rings. The number of hydrogen-bond donors (Lipinski definition) is 2. The van der Waals surface area contributed by atoms with Crippen LogP contribution >= 0.6 is 0 Å². The van der Waals surface area contributed by atoms with Crippen molar-refractivity contribution < 1.29 is 19.1 Å². The van der Waals surface area contributed by atoms with Crippen molar-refractivity contribution >= 4 is 29.2 Å². The molecule has 2 aromatic rings. The topological polar surface area (TPSA) is 92.8 Å². The van der Waals surface area contributed by atoms with Gasteiger partial charge in [-0.1, -0.05) is 12.1 Å². The summed E-state index contributed by atoms with van der Waals surface area (Å²) in [5.41, 5.74) is 1.66. The van der Waals surface area contributed by atoms with E-state index in [-0.39, 0.29) is 5.91 Å². The minimum atomic E-state index is -0.641. The number of anilines is 3. The molecule has 0 saturated carbocycles. The van der Waals surface area contributed by atoms with Crippen LogP contribution in [0, 0.1) is 0 Å². The lowest BCUT2D eigenvalue weighted by molar-refractivity contribution is 0.102. The zero-order chi connectivity index (χ0) is 18.4. The summed E-state index contributed by atoms with van der Waals surface area (Å²) in [4.78, 5) is 30.4. The average molecular weight is 356 g/mol. The van der Waals surface area contributed by atoms with E-state index >= 15 is 0 Å². The van der Waals surface area contributed by atoms with E-state index in [1.54, 1.807) is 36.5 Å². The summed E-state index contributed by atoms with van der Waals surface area (Å²) < 4.78 is 9.91. The van der Waals surface area contributed by atoms with E-state index in [0.29, 0.717) is 30.3 Å². The first-order valence-corrected chi connectivity index (χ1v) is 8.21. The van der Waals surface area contributed by atoms with Crippen molar-refractivity contribution in [3.63, 3.8) is 0 Å². The standard InChI is InChI=1S/C18H20N4O4/c1-25-18(24)20-15-5-3-2-4-14(15)17(23)21-16-7-6-13(12-19-16)22-8-10-26-11-9-22/h2-7,12H,8-11H2,1H3,(H,20,24)(H,19,21,23). The average Bonchev–Trinajstić information content (AvgIpc) is 2.69. The largest absolute Gasteiger partial charge is 0.453 e. The Balaban J connectivity index is 1.69. The highest BCUT2D eigenvalue weighted by Gasteiger charge is 2.15. The maximum Gasteiger partial charge on any atom is 0.411 e. The highest BCUT2D eigenvalue weighted by molar-refractivity contribution is 6.09. The van der Waals surface area contributed by atoms with Gasteiger partial charge in [0.1, 0.15) is 5.82 Å². The Morgan fingerprint density at radius 1 is 1.12 bits per heavy atom. The molecule has 1 saturated heterocycles. The highest BCUT2D eigenvalue weighted by Crippen LogP contribution is 2.19. The quantitative estimate of drug-likeness (QED) is 0.874. The molecule has 0 aliphatic carbocycles. The summed E-state index contributed by atoms with van der Waals surface area (Å²) in [7, 11) is 1.26. The van der Waals surface area contributed by atoms with Crippen LogP contribution in [0.15, 0.2) is 42.6 Å². The third kappa shape index (κ3) is 4.28. The molecule has 3 rings (SSSR count). The molecule has 2 heterocycles. The molecule has 2 N–H and O–H groups in total. The van der Waals surface area contributed by atoms with E-state index in [1.165, 1.54) is 7.11 Å². The molecule has 0 unspecified atom stereocenters. The van der Waals surface area contributed by atoms with Crippen molar-refractivity contribution in [2.75, 3.05) is 48.9 Å². The van der Waals surface area contributed by atoms with E-state index in [1.807, 2.05) is 6.07 Å². The fourth-order valence-corrected chi connectivity index (χ4v) is 2.60. The third-order valence-electron chi connectivity index (χ3n) is 3.96. The van der Waals surface area contributed by atoms with Crippen LogP contribution in [-0.4, -0.2) is 50.4 Å². The van der Waals surface area contributed by atoms with Crippen molar-refractivity contribution in [3.8, 4) is 0 Å². The van der Waals surface area contributed by atoms with E-state index in [9.17, 15) is 9.59 Å². The van der Waals surface area contributed by atoms with Gasteiger partial charge < -0.3 is 19.7 Å². The van der Waals surface area contributed by atoms with Gasteiger partial charge in [0.05, 0.1) is 43.5 Å². The number of carbonyl (C=O) groups excluding carboxylic acids is 2. The number of pyridine rings is 1. The third-order valence-corrected chi connectivity index (χ3v) is 3.96. The van der Waals surface area contributed by atoms with Gasteiger partial charge in [0.2, 0.25) is 0 Å². The number of benzene rings is 1. The molecular formula is C18H20N4O4. The number of para-hydroxylation sites is 1. The number of methoxy groups -OCH3 is 1. The van der Waals surface area contributed by atoms with E-state index in [4.69, 9.17) is 4.74 Å². The Labute approximate surface area is 151 Å². The molecule has 0 atom stereocenters. The summed E-state index contributed by atoms with van der Waals surface area (Å²) in [5, 5.41) is 5.25. The molecular weight excluding hydrogens is 336 g/mol. The van der Waals surface area contributed by atoms with E-state index in [0.717, 1.165) is 18.8 Å². The molecule has 8 nitrogen and oxygen atoms in total. The minimum Gasteiger partial charge on any atom is -0.453 e. The Morgan fingerprint density at radius 3 is 2.58 bits per heavy atom. The van der Waals surface area contributed by atoms with Crippen molar-refractivity contribution in [1.82, 2.24) is 4.98 Å². The minimum absolute atomic E-state index is 0.317. The normalized spacial score (nSPS) is 13.8. The Kier molecular flexibility index (Phi) is 5.65. The molecule has 0 radical (unpaired) electrons. The SMILES string of the molecule is COC(=O)Nc1ccccc1C(=O)Nc1ccc(N2CCOCC2)cn1. The first-order valence-electron chi connectivity index (χ1n) is 8.21. The number of ether oxygens (including phenoxy) is 2. The van der Waals surface area contributed by atoms with Crippen molar-refractivity contribution in [1.29, 1.82) is 0 Å². The Bertz CT molecular complexity index is 773. The van der Waals surface area contributed by atoms with E-state index < -0.39 is 6.09 Å². The monoisotopic (exact) mass is 356 g/mol. The number of nitrogens with one attached hydrogen (secondary N) is 2. The maximum absolute atomic E-state index is 12.5. The molecule has 8 heteroatoms. The van der Waals surface area contributed by atoms with Crippen LogP contribution in [-0.2, 0) is 9.47 Å². The van der Waals surface area contributed by atoms with Crippen molar-refractivity contribution in [3.05, 3.63) is 48.2 Å². The number of rotatable bonds is 4. The Hall–Kier alpha value is -3.13. The first kappa shape index (κ1) is 17.7. The number of morpholine rings is 1. The molecule has 1 aliphatic heterocycles.